The van der Waals surface area contributed by atoms with Gasteiger partial charge in [0.05, 0.1) is 5.56 Å². The number of hydrogen-bond acceptors (Lipinski definition) is 2. The van der Waals surface area contributed by atoms with Crippen LogP contribution in [-0.4, -0.2) is 16.9 Å². The Kier molecular flexibility index (Phi) is 4.81. The molecule has 2 atom stereocenters. The van der Waals surface area contributed by atoms with Crippen molar-refractivity contribution in [3.8, 4) is 0 Å². The molecule has 19 heavy (non-hydrogen) atoms. The average Bonchev–Trinajstić information content (AvgIpc) is 2.39. The third-order valence-corrected chi connectivity index (χ3v) is 4.21. The van der Waals surface area contributed by atoms with Gasteiger partial charge in [0.25, 0.3) is 5.91 Å². The summed E-state index contributed by atoms with van der Waals surface area (Å²) >= 11 is 5.73. The van der Waals surface area contributed by atoms with Gasteiger partial charge in [0, 0.05) is 12.2 Å². The Morgan fingerprint density at radius 1 is 1.37 bits per heavy atom. The summed E-state index contributed by atoms with van der Waals surface area (Å²) in [6, 6.07) is 3.66. The second-order valence-electron chi connectivity index (χ2n) is 5.64. The lowest BCUT2D eigenvalue weighted by molar-refractivity contribution is 0.0889. The molecule has 2 rings (SSSR count). The van der Waals surface area contributed by atoms with E-state index in [1.165, 1.54) is 25.5 Å². The first kappa shape index (κ1) is 14.3. The Balaban J connectivity index is 2.02. The van der Waals surface area contributed by atoms with Crippen LogP contribution in [0.25, 0.3) is 0 Å². The van der Waals surface area contributed by atoms with Gasteiger partial charge in [-0.3, -0.25) is 4.79 Å². The molecule has 1 aliphatic rings. The molecule has 0 saturated heterocycles. The molecule has 3 nitrogen and oxygen atoms in total. The lowest BCUT2D eigenvalue weighted by atomic mass is 9.78. The smallest absolute Gasteiger partial charge is 0.253 e. The molecule has 1 fully saturated rings. The number of amides is 1. The fraction of sp³-hybridized carbons (Fsp3) is 0.600. The first-order chi connectivity index (χ1) is 9.08. The Hall–Kier alpha value is -1.09. The van der Waals surface area contributed by atoms with Crippen LogP contribution in [0.1, 0.15) is 49.9 Å². The first-order valence-corrected chi connectivity index (χ1v) is 7.38. The van der Waals surface area contributed by atoms with Crippen molar-refractivity contribution in [3.05, 3.63) is 29.0 Å². The fourth-order valence-corrected chi connectivity index (χ4v) is 3.01. The van der Waals surface area contributed by atoms with Crippen LogP contribution < -0.4 is 5.32 Å². The van der Waals surface area contributed by atoms with Gasteiger partial charge in [0.15, 0.2) is 0 Å². The number of nitrogens with one attached hydrogen (secondary N) is 1. The number of carbonyl (C=O) groups is 1. The quantitative estimate of drug-likeness (QED) is 0.858. The summed E-state index contributed by atoms with van der Waals surface area (Å²) in [5.74, 6) is 1.15. The number of nitrogens with zero attached hydrogens (tertiary/aromatic N) is 1. The van der Waals surface area contributed by atoms with E-state index in [4.69, 9.17) is 11.6 Å². The number of carbonyl (C=O) groups excluding carboxylic acids is 1. The molecule has 0 aliphatic heterocycles. The van der Waals surface area contributed by atoms with E-state index >= 15 is 0 Å². The summed E-state index contributed by atoms with van der Waals surface area (Å²) in [5.41, 5.74) is 0.581. The van der Waals surface area contributed by atoms with Crippen molar-refractivity contribution in [2.24, 2.45) is 11.8 Å². The predicted molar refractivity (Wildman–Crippen MR) is 77.3 cm³/mol. The van der Waals surface area contributed by atoms with Crippen molar-refractivity contribution in [1.29, 1.82) is 0 Å². The predicted octanol–water partition coefficient (Wildman–Crippen LogP) is 3.68. The fourth-order valence-electron chi connectivity index (χ4n) is 2.90. The van der Waals surface area contributed by atoms with Crippen molar-refractivity contribution in [2.75, 3.05) is 0 Å². The number of rotatable bonds is 3. The van der Waals surface area contributed by atoms with Gasteiger partial charge in [0.2, 0.25) is 0 Å². The van der Waals surface area contributed by atoms with Gasteiger partial charge < -0.3 is 5.32 Å². The van der Waals surface area contributed by atoms with Crippen molar-refractivity contribution >= 4 is 17.5 Å². The lowest BCUT2D eigenvalue weighted by Crippen LogP contribution is -2.43. The third-order valence-electron chi connectivity index (χ3n) is 3.98. The highest BCUT2D eigenvalue weighted by Crippen LogP contribution is 2.30. The maximum absolute atomic E-state index is 12.2. The summed E-state index contributed by atoms with van der Waals surface area (Å²) < 4.78 is 0. The number of aromatic nitrogens is 1. The average molecular weight is 281 g/mol. The molecule has 1 saturated carbocycles. The van der Waals surface area contributed by atoms with E-state index in [0.717, 1.165) is 6.42 Å². The second kappa shape index (κ2) is 6.38. The van der Waals surface area contributed by atoms with E-state index < -0.39 is 0 Å². The number of halogens is 1. The standard InChI is InChI=1S/C15H21ClN2O/c1-10(2)12-5-3-4-6-13(12)18-15(19)11-7-8-14(16)17-9-11/h7-10,12-13H,3-6H2,1-2H3,(H,18,19). The summed E-state index contributed by atoms with van der Waals surface area (Å²) in [7, 11) is 0. The zero-order valence-electron chi connectivity index (χ0n) is 11.5. The molecule has 1 aromatic heterocycles. The SMILES string of the molecule is CC(C)C1CCCCC1NC(=O)c1ccc(Cl)nc1. The van der Waals surface area contributed by atoms with Crippen molar-refractivity contribution in [3.63, 3.8) is 0 Å². The van der Waals surface area contributed by atoms with Gasteiger partial charge in [-0.15, -0.1) is 0 Å². The van der Waals surface area contributed by atoms with E-state index in [9.17, 15) is 4.79 Å². The summed E-state index contributed by atoms with van der Waals surface area (Å²) in [5, 5.41) is 3.58. The molecular formula is C15H21ClN2O. The molecular weight excluding hydrogens is 260 g/mol. The molecule has 1 amide bonds. The molecule has 1 aliphatic carbocycles. The van der Waals surface area contributed by atoms with E-state index in [-0.39, 0.29) is 11.9 Å². The normalized spacial score (nSPS) is 23.4. The molecule has 1 N–H and O–H groups in total. The van der Waals surface area contributed by atoms with Crippen molar-refractivity contribution in [2.45, 2.75) is 45.6 Å². The van der Waals surface area contributed by atoms with Gasteiger partial charge >= 0.3 is 0 Å². The molecule has 0 spiro atoms. The minimum Gasteiger partial charge on any atom is -0.349 e. The maximum atomic E-state index is 12.2. The minimum atomic E-state index is -0.0401. The van der Waals surface area contributed by atoms with E-state index in [1.807, 2.05) is 0 Å². The van der Waals surface area contributed by atoms with E-state index in [1.54, 1.807) is 12.1 Å². The molecule has 0 bridgehead atoms. The zero-order valence-corrected chi connectivity index (χ0v) is 12.3. The molecule has 1 aromatic rings. The molecule has 2 unspecified atom stereocenters. The molecule has 1 heterocycles. The van der Waals surface area contributed by atoms with Crippen LogP contribution in [0.3, 0.4) is 0 Å². The van der Waals surface area contributed by atoms with Crippen LogP contribution in [0.4, 0.5) is 0 Å². The largest absolute Gasteiger partial charge is 0.349 e. The number of hydrogen-bond donors (Lipinski definition) is 1. The highest BCUT2D eigenvalue weighted by molar-refractivity contribution is 6.29. The summed E-state index contributed by atoms with van der Waals surface area (Å²) in [6.07, 6.45) is 6.30. The summed E-state index contributed by atoms with van der Waals surface area (Å²) in [4.78, 5) is 16.2. The highest BCUT2D eigenvalue weighted by Gasteiger charge is 2.28. The zero-order chi connectivity index (χ0) is 13.8. The maximum Gasteiger partial charge on any atom is 0.253 e. The Bertz CT molecular complexity index is 430. The molecule has 4 heteroatoms. The molecule has 104 valence electrons. The van der Waals surface area contributed by atoms with Gasteiger partial charge in [-0.25, -0.2) is 4.98 Å². The van der Waals surface area contributed by atoms with Crippen LogP contribution in [0.2, 0.25) is 5.15 Å². The lowest BCUT2D eigenvalue weighted by Gasteiger charge is -2.34. The van der Waals surface area contributed by atoms with Crippen LogP contribution in [0, 0.1) is 11.8 Å². The monoisotopic (exact) mass is 280 g/mol. The van der Waals surface area contributed by atoms with Gasteiger partial charge in [-0.2, -0.15) is 0 Å². The Morgan fingerprint density at radius 2 is 2.11 bits per heavy atom. The Labute approximate surface area is 119 Å². The number of pyridine rings is 1. The van der Waals surface area contributed by atoms with Crippen LogP contribution >= 0.6 is 11.6 Å². The minimum absolute atomic E-state index is 0.0401. The van der Waals surface area contributed by atoms with Gasteiger partial charge in [-0.1, -0.05) is 38.3 Å². The first-order valence-electron chi connectivity index (χ1n) is 7.00. The third kappa shape index (κ3) is 3.69. The molecule has 0 radical (unpaired) electrons. The van der Waals surface area contributed by atoms with Crippen molar-refractivity contribution < 1.29 is 4.79 Å². The van der Waals surface area contributed by atoms with Gasteiger partial charge in [-0.05, 0) is 36.8 Å². The molecule has 0 aromatic carbocycles. The van der Waals surface area contributed by atoms with Crippen molar-refractivity contribution in [1.82, 2.24) is 10.3 Å². The second-order valence-corrected chi connectivity index (χ2v) is 6.03. The van der Waals surface area contributed by atoms with Gasteiger partial charge in [0.1, 0.15) is 5.15 Å². The van der Waals surface area contributed by atoms with E-state index in [2.05, 4.69) is 24.1 Å². The Morgan fingerprint density at radius 3 is 2.74 bits per heavy atom. The van der Waals surface area contributed by atoms with Crippen LogP contribution in [0.5, 0.6) is 0 Å². The summed E-state index contributed by atoms with van der Waals surface area (Å²) in [6.45, 7) is 4.47. The van der Waals surface area contributed by atoms with E-state index in [0.29, 0.717) is 22.6 Å². The highest BCUT2D eigenvalue weighted by atomic mass is 35.5. The van der Waals surface area contributed by atoms with Crippen LogP contribution in [0.15, 0.2) is 18.3 Å². The topological polar surface area (TPSA) is 42.0 Å². The van der Waals surface area contributed by atoms with Crippen LogP contribution in [-0.2, 0) is 0 Å².